The van der Waals surface area contributed by atoms with E-state index >= 15 is 0 Å². The third kappa shape index (κ3) is 4.46. The molecule has 3 N–H and O–H groups in total. The zero-order chi connectivity index (χ0) is 13.7. The summed E-state index contributed by atoms with van der Waals surface area (Å²) in [5.74, 6) is 0.424. The second-order valence-corrected chi connectivity index (χ2v) is 6.23. The second-order valence-electron chi connectivity index (χ2n) is 6.23. The van der Waals surface area contributed by atoms with E-state index in [0.717, 1.165) is 38.6 Å². The van der Waals surface area contributed by atoms with Gasteiger partial charge in [0.05, 0.1) is 12.1 Å². The fraction of sp³-hybridized carbons (Fsp3) is 0.933. The average molecular weight is 268 g/mol. The first-order valence-corrected chi connectivity index (χ1v) is 7.88. The van der Waals surface area contributed by atoms with Crippen LogP contribution in [0.25, 0.3) is 0 Å². The molecule has 2 aliphatic carbocycles. The molecule has 0 heterocycles. The van der Waals surface area contributed by atoms with Crippen LogP contribution in [0.4, 0.5) is 0 Å². The Morgan fingerprint density at radius 1 is 1.16 bits per heavy atom. The number of nitrogens with one attached hydrogen (secondary N) is 2. The SMILES string of the molecule is CC(NCC1CCCCC1O)C(=O)NC1CCCC1. The second kappa shape index (κ2) is 7.25. The van der Waals surface area contributed by atoms with Crippen molar-refractivity contribution in [3.05, 3.63) is 0 Å². The molecule has 0 saturated heterocycles. The van der Waals surface area contributed by atoms with Gasteiger partial charge in [0.15, 0.2) is 0 Å². The van der Waals surface area contributed by atoms with Gasteiger partial charge in [-0.2, -0.15) is 0 Å². The van der Waals surface area contributed by atoms with Gasteiger partial charge in [-0.1, -0.05) is 25.7 Å². The Morgan fingerprint density at radius 3 is 2.47 bits per heavy atom. The normalized spacial score (nSPS) is 30.2. The monoisotopic (exact) mass is 268 g/mol. The Morgan fingerprint density at radius 2 is 1.79 bits per heavy atom. The number of carbonyl (C=O) groups is 1. The van der Waals surface area contributed by atoms with Gasteiger partial charge < -0.3 is 15.7 Å². The lowest BCUT2D eigenvalue weighted by Gasteiger charge is -2.29. The third-order valence-electron chi connectivity index (χ3n) is 4.65. The molecule has 2 rings (SSSR count). The highest BCUT2D eigenvalue weighted by Gasteiger charge is 2.25. The summed E-state index contributed by atoms with van der Waals surface area (Å²) >= 11 is 0. The van der Waals surface area contributed by atoms with Crippen molar-refractivity contribution < 1.29 is 9.90 Å². The van der Waals surface area contributed by atoms with Crippen LogP contribution < -0.4 is 10.6 Å². The van der Waals surface area contributed by atoms with E-state index in [1.165, 1.54) is 19.3 Å². The third-order valence-corrected chi connectivity index (χ3v) is 4.65. The molecule has 0 spiro atoms. The minimum absolute atomic E-state index is 0.109. The molecule has 3 unspecified atom stereocenters. The largest absolute Gasteiger partial charge is 0.393 e. The van der Waals surface area contributed by atoms with E-state index in [4.69, 9.17) is 0 Å². The number of aliphatic hydroxyl groups is 1. The smallest absolute Gasteiger partial charge is 0.237 e. The fourth-order valence-electron chi connectivity index (χ4n) is 3.24. The summed E-state index contributed by atoms with van der Waals surface area (Å²) < 4.78 is 0. The lowest BCUT2D eigenvalue weighted by Crippen LogP contribution is -2.47. The molecule has 3 atom stereocenters. The summed E-state index contributed by atoms with van der Waals surface area (Å²) in [6.45, 7) is 2.67. The van der Waals surface area contributed by atoms with Gasteiger partial charge in [0.25, 0.3) is 0 Å². The zero-order valence-corrected chi connectivity index (χ0v) is 12.0. The average Bonchev–Trinajstić information content (AvgIpc) is 2.90. The number of hydrogen-bond acceptors (Lipinski definition) is 3. The molecule has 19 heavy (non-hydrogen) atoms. The van der Waals surface area contributed by atoms with Gasteiger partial charge in [-0.3, -0.25) is 4.79 Å². The first-order valence-electron chi connectivity index (χ1n) is 7.88. The van der Waals surface area contributed by atoms with E-state index in [-0.39, 0.29) is 18.1 Å². The van der Waals surface area contributed by atoms with Crippen LogP contribution >= 0.6 is 0 Å². The molecule has 0 aliphatic heterocycles. The summed E-state index contributed by atoms with van der Waals surface area (Å²) in [5, 5.41) is 16.3. The standard InChI is InChI=1S/C15H28N2O2/c1-11(15(19)17-13-7-3-4-8-13)16-10-12-6-2-5-9-14(12)18/h11-14,16,18H,2-10H2,1H3,(H,17,19). The summed E-state index contributed by atoms with van der Waals surface area (Å²) in [6, 6.07) is 0.228. The molecule has 110 valence electrons. The Labute approximate surface area is 116 Å². The molecule has 0 radical (unpaired) electrons. The summed E-state index contributed by atoms with van der Waals surface area (Å²) in [7, 11) is 0. The minimum Gasteiger partial charge on any atom is -0.393 e. The van der Waals surface area contributed by atoms with Crippen LogP contribution in [0.15, 0.2) is 0 Å². The van der Waals surface area contributed by atoms with Crippen molar-refractivity contribution in [2.24, 2.45) is 5.92 Å². The Balaban J connectivity index is 1.67. The van der Waals surface area contributed by atoms with Crippen molar-refractivity contribution in [3.63, 3.8) is 0 Å². The van der Waals surface area contributed by atoms with E-state index < -0.39 is 0 Å². The van der Waals surface area contributed by atoms with E-state index in [9.17, 15) is 9.90 Å². The van der Waals surface area contributed by atoms with Gasteiger partial charge in [0, 0.05) is 12.6 Å². The topological polar surface area (TPSA) is 61.4 Å². The molecule has 0 aromatic carbocycles. The van der Waals surface area contributed by atoms with E-state index in [2.05, 4.69) is 10.6 Å². The number of amides is 1. The Bertz CT molecular complexity index is 290. The molecule has 0 bridgehead atoms. The quantitative estimate of drug-likeness (QED) is 0.709. The maximum absolute atomic E-state index is 12.0. The first kappa shape index (κ1) is 14.8. The van der Waals surface area contributed by atoms with Gasteiger partial charge in [-0.15, -0.1) is 0 Å². The summed E-state index contributed by atoms with van der Waals surface area (Å²) in [5.41, 5.74) is 0. The molecule has 2 fully saturated rings. The Hall–Kier alpha value is -0.610. The fourth-order valence-corrected chi connectivity index (χ4v) is 3.24. The van der Waals surface area contributed by atoms with Crippen LogP contribution in [0, 0.1) is 5.92 Å². The molecule has 4 heteroatoms. The predicted octanol–water partition coefficient (Wildman–Crippen LogP) is 1.57. The molecular weight excluding hydrogens is 240 g/mol. The number of hydrogen-bond donors (Lipinski definition) is 3. The van der Waals surface area contributed by atoms with Gasteiger partial charge in [0.2, 0.25) is 5.91 Å². The molecular formula is C15H28N2O2. The van der Waals surface area contributed by atoms with Crippen molar-refractivity contribution in [2.75, 3.05) is 6.54 Å². The lowest BCUT2D eigenvalue weighted by atomic mass is 9.86. The summed E-state index contributed by atoms with van der Waals surface area (Å²) in [6.07, 6.45) is 8.86. The number of carbonyl (C=O) groups excluding carboxylic acids is 1. The van der Waals surface area contributed by atoms with Crippen molar-refractivity contribution in [1.29, 1.82) is 0 Å². The summed E-state index contributed by atoms with van der Waals surface area (Å²) in [4.78, 5) is 12.0. The lowest BCUT2D eigenvalue weighted by molar-refractivity contribution is -0.123. The predicted molar refractivity (Wildman–Crippen MR) is 75.8 cm³/mol. The molecule has 2 aliphatic rings. The van der Waals surface area contributed by atoms with Gasteiger partial charge in [-0.25, -0.2) is 0 Å². The highest BCUT2D eigenvalue weighted by atomic mass is 16.3. The van der Waals surface area contributed by atoms with Crippen LogP contribution in [0.3, 0.4) is 0 Å². The molecule has 2 saturated carbocycles. The Kier molecular flexibility index (Phi) is 5.64. The highest BCUT2D eigenvalue weighted by molar-refractivity contribution is 5.81. The maximum atomic E-state index is 12.0. The van der Waals surface area contributed by atoms with E-state index in [0.29, 0.717) is 12.0 Å². The van der Waals surface area contributed by atoms with Crippen LogP contribution in [-0.2, 0) is 4.79 Å². The van der Waals surface area contributed by atoms with Gasteiger partial charge >= 0.3 is 0 Å². The van der Waals surface area contributed by atoms with E-state index in [1.54, 1.807) is 0 Å². The zero-order valence-electron chi connectivity index (χ0n) is 12.0. The maximum Gasteiger partial charge on any atom is 0.237 e. The van der Waals surface area contributed by atoms with Crippen LogP contribution in [0.5, 0.6) is 0 Å². The van der Waals surface area contributed by atoms with E-state index in [1.807, 2.05) is 6.92 Å². The van der Waals surface area contributed by atoms with Crippen LogP contribution in [0.1, 0.15) is 58.3 Å². The van der Waals surface area contributed by atoms with Gasteiger partial charge in [0.1, 0.15) is 0 Å². The van der Waals surface area contributed by atoms with Gasteiger partial charge in [-0.05, 0) is 38.5 Å². The highest BCUT2D eigenvalue weighted by Crippen LogP contribution is 2.23. The van der Waals surface area contributed by atoms with Crippen LogP contribution in [-0.4, -0.2) is 35.7 Å². The van der Waals surface area contributed by atoms with Crippen molar-refractivity contribution in [2.45, 2.75) is 76.5 Å². The first-order chi connectivity index (χ1) is 9.16. The molecule has 0 aromatic heterocycles. The van der Waals surface area contributed by atoms with Crippen molar-refractivity contribution >= 4 is 5.91 Å². The molecule has 4 nitrogen and oxygen atoms in total. The van der Waals surface area contributed by atoms with Crippen molar-refractivity contribution in [1.82, 2.24) is 10.6 Å². The molecule has 0 aromatic rings. The number of rotatable bonds is 5. The molecule has 1 amide bonds. The minimum atomic E-state index is -0.189. The number of aliphatic hydroxyl groups excluding tert-OH is 1. The van der Waals surface area contributed by atoms with Crippen LogP contribution in [0.2, 0.25) is 0 Å². The van der Waals surface area contributed by atoms with Crippen molar-refractivity contribution in [3.8, 4) is 0 Å².